The second-order valence-electron chi connectivity index (χ2n) is 9.32. The van der Waals surface area contributed by atoms with Crippen molar-refractivity contribution in [1.82, 2.24) is 0 Å². The van der Waals surface area contributed by atoms with Crippen LogP contribution in [0.15, 0.2) is 36.4 Å². The van der Waals surface area contributed by atoms with Gasteiger partial charge in [-0.2, -0.15) is 26.3 Å². The zero-order valence-corrected chi connectivity index (χ0v) is 22.5. The standard InChI is InChI=1S/C27H20F6N2O2S2/c1-11-21(17-7-5-15(34-13(3)36)9-19(17)38-11)23-24(26(30,31)27(32,33)25(23,28)29)22-12(2)39-20-10-16(35-14(4)37)6-8-18(20)22/h5-10H,1-4H3,(H,34,36)(H,35,37). The van der Waals surface area contributed by atoms with Gasteiger partial charge in [-0.3, -0.25) is 9.59 Å². The summed E-state index contributed by atoms with van der Waals surface area (Å²) in [5.41, 5.74) is -2.89. The highest BCUT2D eigenvalue weighted by Crippen LogP contribution is 2.67. The molecule has 0 radical (unpaired) electrons. The normalized spacial score (nSPS) is 17.7. The zero-order valence-electron chi connectivity index (χ0n) is 20.9. The van der Waals surface area contributed by atoms with E-state index < -0.39 is 28.9 Å². The van der Waals surface area contributed by atoms with E-state index >= 15 is 26.3 Å². The molecule has 0 bridgehead atoms. The Hall–Kier alpha value is -3.38. The van der Waals surface area contributed by atoms with Gasteiger partial charge in [-0.15, -0.1) is 22.7 Å². The molecule has 0 fully saturated rings. The maximum Gasteiger partial charge on any atom is 0.380 e. The van der Waals surface area contributed by atoms with Crippen LogP contribution in [0.3, 0.4) is 0 Å². The van der Waals surface area contributed by atoms with Crippen LogP contribution < -0.4 is 10.6 Å². The van der Waals surface area contributed by atoms with Gasteiger partial charge in [-0.1, -0.05) is 12.1 Å². The lowest BCUT2D eigenvalue weighted by Crippen LogP contribution is -2.48. The van der Waals surface area contributed by atoms with Crippen LogP contribution in [0.5, 0.6) is 0 Å². The molecular weight excluding hydrogens is 562 g/mol. The fourth-order valence-electron chi connectivity index (χ4n) is 5.01. The molecule has 0 unspecified atom stereocenters. The van der Waals surface area contributed by atoms with Gasteiger partial charge in [0.15, 0.2) is 0 Å². The Morgan fingerprint density at radius 2 is 1.03 bits per heavy atom. The van der Waals surface area contributed by atoms with Crippen LogP contribution in [0.25, 0.3) is 31.3 Å². The Balaban J connectivity index is 1.86. The minimum absolute atomic E-state index is 0.0948. The Labute approximate surface area is 226 Å². The number of rotatable bonds is 4. The fourth-order valence-corrected chi connectivity index (χ4v) is 7.23. The molecule has 2 aromatic heterocycles. The van der Waals surface area contributed by atoms with Crippen molar-refractivity contribution in [2.24, 2.45) is 0 Å². The number of anilines is 2. The molecule has 0 spiro atoms. The molecule has 0 atom stereocenters. The van der Waals surface area contributed by atoms with Gasteiger partial charge in [0.2, 0.25) is 11.8 Å². The number of benzene rings is 2. The van der Waals surface area contributed by atoms with Crippen molar-refractivity contribution < 1.29 is 35.9 Å². The highest BCUT2D eigenvalue weighted by molar-refractivity contribution is 7.19. The number of nitrogens with one attached hydrogen (secondary N) is 2. The third-order valence-electron chi connectivity index (χ3n) is 6.54. The van der Waals surface area contributed by atoms with Crippen molar-refractivity contribution in [2.75, 3.05) is 10.6 Å². The molecular formula is C27H20F6N2O2S2. The van der Waals surface area contributed by atoms with Gasteiger partial charge in [0, 0.05) is 77.4 Å². The molecule has 1 aliphatic rings. The lowest BCUT2D eigenvalue weighted by molar-refractivity contribution is -0.254. The van der Waals surface area contributed by atoms with Crippen LogP contribution in [-0.4, -0.2) is 29.6 Å². The number of fused-ring (bicyclic) bond motifs is 2. The topological polar surface area (TPSA) is 58.2 Å². The summed E-state index contributed by atoms with van der Waals surface area (Å²) >= 11 is 1.95. The molecule has 0 saturated carbocycles. The average Bonchev–Trinajstić information content (AvgIpc) is 3.32. The Bertz CT molecular complexity index is 1610. The van der Waals surface area contributed by atoms with E-state index in [0.717, 1.165) is 22.7 Å². The van der Waals surface area contributed by atoms with Crippen molar-refractivity contribution >= 4 is 77.2 Å². The molecule has 4 nitrogen and oxygen atoms in total. The van der Waals surface area contributed by atoms with Crippen LogP contribution in [-0.2, 0) is 9.59 Å². The number of hydrogen-bond donors (Lipinski definition) is 2. The first-order valence-electron chi connectivity index (χ1n) is 11.6. The molecule has 2 amide bonds. The first kappa shape index (κ1) is 27.2. The maximum absolute atomic E-state index is 15.6. The third-order valence-corrected chi connectivity index (χ3v) is 8.68. The summed E-state index contributed by atoms with van der Waals surface area (Å²) in [6, 6.07) is 8.47. The maximum atomic E-state index is 15.6. The van der Waals surface area contributed by atoms with E-state index in [1.807, 2.05) is 0 Å². The molecule has 2 heterocycles. The SMILES string of the molecule is CC(=O)Nc1ccc2c(C3=C(c4c(C)sc5cc(NC(C)=O)ccc45)C(F)(F)C(F)(F)C3(F)F)c(C)sc2c1. The molecule has 204 valence electrons. The zero-order chi connectivity index (χ0) is 28.7. The molecule has 5 rings (SSSR count). The smallest absolute Gasteiger partial charge is 0.326 e. The molecule has 2 N–H and O–H groups in total. The third kappa shape index (κ3) is 3.95. The van der Waals surface area contributed by atoms with Gasteiger partial charge in [-0.05, 0) is 38.1 Å². The number of hydrogen-bond acceptors (Lipinski definition) is 4. The minimum atomic E-state index is -5.70. The Morgan fingerprint density at radius 1 is 0.667 bits per heavy atom. The molecule has 1 aliphatic carbocycles. The summed E-state index contributed by atoms with van der Waals surface area (Å²) in [5.74, 6) is -16.8. The number of thiophene rings is 2. The van der Waals surface area contributed by atoms with E-state index in [0.29, 0.717) is 20.8 Å². The van der Waals surface area contributed by atoms with Crippen LogP contribution >= 0.6 is 22.7 Å². The van der Waals surface area contributed by atoms with E-state index in [-0.39, 0.29) is 43.5 Å². The van der Waals surface area contributed by atoms with E-state index in [1.54, 1.807) is 0 Å². The number of carbonyl (C=O) groups is 2. The minimum Gasteiger partial charge on any atom is -0.326 e. The van der Waals surface area contributed by atoms with Gasteiger partial charge in [-0.25, -0.2) is 0 Å². The Kier molecular flexibility index (Phi) is 6.15. The molecule has 0 aliphatic heterocycles. The highest BCUT2D eigenvalue weighted by Gasteiger charge is 2.80. The summed E-state index contributed by atoms with van der Waals surface area (Å²) in [6.45, 7) is 5.38. The van der Waals surface area contributed by atoms with Crippen molar-refractivity contribution in [2.45, 2.75) is 45.5 Å². The predicted molar refractivity (Wildman–Crippen MR) is 143 cm³/mol. The summed E-state index contributed by atoms with van der Waals surface area (Å²) in [4.78, 5) is 23.2. The number of amides is 2. The lowest BCUT2D eigenvalue weighted by Gasteiger charge is -2.26. The van der Waals surface area contributed by atoms with Gasteiger partial charge in [0.1, 0.15) is 0 Å². The van der Waals surface area contributed by atoms with E-state index in [4.69, 9.17) is 0 Å². The van der Waals surface area contributed by atoms with Crippen molar-refractivity contribution in [3.05, 3.63) is 57.3 Å². The monoisotopic (exact) mass is 582 g/mol. The lowest BCUT2D eigenvalue weighted by atomic mass is 9.91. The van der Waals surface area contributed by atoms with Crippen molar-refractivity contribution in [3.63, 3.8) is 0 Å². The summed E-state index contributed by atoms with van der Waals surface area (Å²) < 4.78 is 93.2. The number of alkyl halides is 6. The van der Waals surface area contributed by atoms with Crippen LogP contribution in [0.2, 0.25) is 0 Å². The summed E-state index contributed by atoms with van der Waals surface area (Å²) in [7, 11) is 0. The fraction of sp³-hybridized carbons (Fsp3) is 0.259. The van der Waals surface area contributed by atoms with Gasteiger partial charge < -0.3 is 10.6 Å². The Morgan fingerprint density at radius 3 is 1.36 bits per heavy atom. The number of halogens is 6. The van der Waals surface area contributed by atoms with E-state index in [2.05, 4.69) is 10.6 Å². The van der Waals surface area contributed by atoms with Gasteiger partial charge in [0.05, 0.1) is 0 Å². The van der Waals surface area contributed by atoms with Crippen molar-refractivity contribution in [1.29, 1.82) is 0 Å². The number of carbonyl (C=O) groups excluding carboxylic acids is 2. The molecule has 4 aromatic rings. The van der Waals surface area contributed by atoms with Crippen LogP contribution in [0.1, 0.15) is 34.7 Å². The predicted octanol–water partition coefficient (Wildman–Crippen LogP) is 8.48. The van der Waals surface area contributed by atoms with E-state index in [9.17, 15) is 9.59 Å². The highest BCUT2D eigenvalue weighted by atomic mass is 32.1. The summed E-state index contributed by atoms with van der Waals surface area (Å²) in [5, 5.41) is 5.30. The quantitative estimate of drug-likeness (QED) is 0.237. The second kappa shape index (κ2) is 8.82. The number of aryl methyl sites for hydroxylation is 2. The average molecular weight is 583 g/mol. The first-order chi connectivity index (χ1) is 18.1. The van der Waals surface area contributed by atoms with E-state index in [1.165, 1.54) is 64.1 Å². The van der Waals surface area contributed by atoms with Crippen LogP contribution in [0.4, 0.5) is 37.7 Å². The molecule has 2 aromatic carbocycles. The second-order valence-corrected chi connectivity index (χ2v) is 11.8. The van der Waals surface area contributed by atoms with Gasteiger partial charge in [0.25, 0.3) is 0 Å². The van der Waals surface area contributed by atoms with Gasteiger partial charge >= 0.3 is 17.8 Å². The molecule has 0 saturated heterocycles. The van der Waals surface area contributed by atoms with Crippen LogP contribution in [0, 0.1) is 13.8 Å². The number of allylic oxidation sites excluding steroid dienone is 2. The molecule has 12 heteroatoms. The first-order valence-corrected chi connectivity index (χ1v) is 13.2. The summed E-state index contributed by atoms with van der Waals surface area (Å²) in [6.07, 6.45) is 0. The largest absolute Gasteiger partial charge is 0.380 e. The van der Waals surface area contributed by atoms with Crippen molar-refractivity contribution in [3.8, 4) is 0 Å². The molecule has 39 heavy (non-hydrogen) atoms.